The van der Waals surface area contributed by atoms with Crippen LogP contribution in [0.1, 0.15) is 20.3 Å². The topological polar surface area (TPSA) is 61.9 Å². The van der Waals surface area contributed by atoms with E-state index in [4.69, 9.17) is 4.74 Å². The molecule has 2 aliphatic rings. The summed E-state index contributed by atoms with van der Waals surface area (Å²) in [6, 6.07) is 7.91. The Morgan fingerprint density at radius 2 is 2.08 bits per heavy atom. The van der Waals surface area contributed by atoms with Crippen molar-refractivity contribution < 1.29 is 14.3 Å². The van der Waals surface area contributed by atoms with E-state index in [2.05, 4.69) is 19.2 Å². The van der Waals surface area contributed by atoms with Crippen molar-refractivity contribution in [1.82, 2.24) is 10.2 Å². The standard InChI is InChI=1S/C17H23N3O3.ClH/c1-12-13(2)19(10-8-18-12)16(21)7-9-20-14-5-3-4-6-15(14)23-11-17(20)22;/h3-6,12-13,18H,7-11H2,1-2H3;1H. The third-order valence-electron chi connectivity index (χ3n) is 4.71. The van der Waals surface area contributed by atoms with Gasteiger partial charge in [-0.2, -0.15) is 0 Å². The van der Waals surface area contributed by atoms with Gasteiger partial charge in [0.25, 0.3) is 5.91 Å². The lowest BCUT2D eigenvalue weighted by atomic mass is 10.1. The SMILES string of the molecule is CC1NCCN(C(=O)CCN2C(=O)COc3ccccc32)C1C.Cl. The Kier molecular flexibility index (Phi) is 6.07. The molecule has 1 N–H and O–H groups in total. The summed E-state index contributed by atoms with van der Waals surface area (Å²) < 4.78 is 5.43. The molecular formula is C17H24ClN3O3. The predicted octanol–water partition coefficient (Wildman–Crippen LogP) is 1.43. The number of ether oxygens (including phenoxy) is 1. The molecule has 1 fully saturated rings. The monoisotopic (exact) mass is 353 g/mol. The fourth-order valence-electron chi connectivity index (χ4n) is 3.16. The Balaban J connectivity index is 0.00000208. The van der Waals surface area contributed by atoms with Crippen molar-refractivity contribution in [1.29, 1.82) is 0 Å². The number of carbonyl (C=O) groups excluding carboxylic acids is 2. The third kappa shape index (κ3) is 3.65. The van der Waals surface area contributed by atoms with Crippen LogP contribution in [0, 0.1) is 0 Å². The van der Waals surface area contributed by atoms with E-state index < -0.39 is 0 Å². The summed E-state index contributed by atoms with van der Waals surface area (Å²) in [5, 5.41) is 3.37. The van der Waals surface area contributed by atoms with E-state index in [1.54, 1.807) is 4.90 Å². The summed E-state index contributed by atoms with van der Waals surface area (Å²) in [5.41, 5.74) is 0.748. The average Bonchev–Trinajstić information content (AvgIpc) is 2.56. The van der Waals surface area contributed by atoms with Gasteiger partial charge < -0.3 is 19.9 Å². The Hall–Kier alpha value is -1.79. The maximum absolute atomic E-state index is 12.5. The van der Waals surface area contributed by atoms with Crippen LogP contribution in [0.25, 0.3) is 0 Å². The van der Waals surface area contributed by atoms with Crippen molar-refractivity contribution in [2.45, 2.75) is 32.4 Å². The van der Waals surface area contributed by atoms with Gasteiger partial charge in [-0.3, -0.25) is 9.59 Å². The molecule has 0 aromatic heterocycles. The molecule has 0 bridgehead atoms. The van der Waals surface area contributed by atoms with Gasteiger partial charge in [0.1, 0.15) is 5.75 Å². The average molecular weight is 354 g/mol. The zero-order valence-corrected chi connectivity index (χ0v) is 14.8. The highest BCUT2D eigenvalue weighted by Gasteiger charge is 2.30. The van der Waals surface area contributed by atoms with Gasteiger partial charge in [-0.1, -0.05) is 12.1 Å². The summed E-state index contributed by atoms with van der Waals surface area (Å²) in [4.78, 5) is 28.2. The zero-order valence-electron chi connectivity index (χ0n) is 14.0. The fraction of sp³-hybridized carbons (Fsp3) is 0.529. The Morgan fingerprint density at radius 1 is 1.33 bits per heavy atom. The number of nitrogens with zero attached hydrogens (tertiary/aromatic N) is 2. The molecule has 24 heavy (non-hydrogen) atoms. The van der Waals surface area contributed by atoms with Crippen LogP contribution in [0.15, 0.2) is 24.3 Å². The first-order chi connectivity index (χ1) is 11.1. The van der Waals surface area contributed by atoms with Crippen LogP contribution in [0.5, 0.6) is 5.75 Å². The van der Waals surface area contributed by atoms with E-state index in [-0.39, 0.29) is 36.9 Å². The molecule has 0 radical (unpaired) electrons. The predicted molar refractivity (Wildman–Crippen MR) is 94.8 cm³/mol. The number of halogens is 1. The molecule has 2 unspecified atom stereocenters. The van der Waals surface area contributed by atoms with Crippen molar-refractivity contribution in [2.24, 2.45) is 0 Å². The van der Waals surface area contributed by atoms with Crippen LogP contribution in [-0.2, 0) is 9.59 Å². The number of hydrogen-bond acceptors (Lipinski definition) is 4. The number of amides is 2. The van der Waals surface area contributed by atoms with Gasteiger partial charge in [0, 0.05) is 38.1 Å². The lowest BCUT2D eigenvalue weighted by Crippen LogP contribution is -2.57. The molecule has 7 heteroatoms. The summed E-state index contributed by atoms with van der Waals surface area (Å²) in [5.74, 6) is 0.699. The van der Waals surface area contributed by atoms with E-state index in [1.165, 1.54) is 0 Å². The number of piperazine rings is 1. The van der Waals surface area contributed by atoms with Gasteiger partial charge in [-0.25, -0.2) is 0 Å². The summed E-state index contributed by atoms with van der Waals surface area (Å²) >= 11 is 0. The first-order valence-electron chi connectivity index (χ1n) is 8.13. The highest BCUT2D eigenvalue weighted by molar-refractivity contribution is 5.98. The highest BCUT2D eigenvalue weighted by atomic mass is 35.5. The molecule has 1 aromatic carbocycles. The highest BCUT2D eigenvalue weighted by Crippen LogP contribution is 2.31. The van der Waals surface area contributed by atoms with Crippen molar-refractivity contribution in [3.05, 3.63) is 24.3 Å². The molecule has 0 saturated carbocycles. The van der Waals surface area contributed by atoms with Crippen LogP contribution in [0.4, 0.5) is 5.69 Å². The number of nitrogens with one attached hydrogen (secondary N) is 1. The number of benzene rings is 1. The largest absolute Gasteiger partial charge is 0.482 e. The summed E-state index contributed by atoms with van der Waals surface area (Å²) in [6.07, 6.45) is 0.330. The number of carbonyl (C=O) groups is 2. The molecule has 2 atom stereocenters. The van der Waals surface area contributed by atoms with Crippen molar-refractivity contribution in [2.75, 3.05) is 31.1 Å². The van der Waals surface area contributed by atoms with Crippen molar-refractivity contribution in [3.8, 4) is 5.75 Å². The van der Waals surface area contributed by atoms with E-state index in [0.717, 1.165) is 18.8 Å². The lowest BCUT2D eigenvalue weighted by molar-refractivity contribution is -0.134. The second kappa shape index (κ2) is 7.85. The first-order valence-corrected chi connectivity index (χ1v) is 8.13. The van der Waals surface area contributed by atoms with Gasteiger partial charge in [0.05, 0.1) is 5.69 Å². The molecular weight excluding hydrogens is 330 g/mol. The quantitative estimate of drug-likeness (QED) is 0.893. The third-order valence-corrected chi connectivity index (χ3v) is 4.71. The normalized spacial score (nSPS) is 23.2. The van der Waals surface area contributed by atoms with Gasteiger partial charge in [0.2, 0.25) is 5.91 Å². The number of fused-ring (bicyclic) bond motifs is 1. The molecule has 1 saturated heterocycles. The second-order valence-electron chi connectivity index (χ2n) is 6.12. The number of anilines is 1. The number of para-hydroxylation sites is 2. The molecule has 0 aliphatic carbocycles. The Labute approximate surface area is 148 Å². The Bertz CT molecular complexity index is 610. The van der Waals surface area contributed by atoms with Gasteiger partial charge in [0.15, 0.2) is 6.61 Å². The van der Waals surface area contributed by atoms with Crippen LogP contribution < -0.4 is 15.0 Å². The van der Waals surface area contributed by atoms with Gasteiger partial charge in [-0.05, 0) is 26.0 Å². The van der Waals surface area contributed by atoms with Crippen LogP contribution >= 0.6 is 12.4 Å². The van der Waals surface area contributed by atoms with E-state index >= 15 is 0 Å². The smallest absolute Gasteiger partial charge is 0.265 e. The minimum absolute atomic E-state index is 0. The molecule has 2 aliphatic heterocycles. The number of hydrogen-bond donors (Lipinski definition) is 1. The molecule has 132 valence electrons. The Morgan fingerprint density at radius 3 is 2.88 bits per heavy atom. The molecule has 6 nitrogen and oxygen atoms in total. The summed E-state index contributed by atoms with van der Waals surface area (Å²) in [6.45, 7) is 6.11. The zero-order chi connectivity index (χ0) is 16.4. The second-order valence-corrected chi connectivity index (χ2v) is 6.12. The molecule has 0 spiro atoms. The molecule has 1 aromatic rings. The van der Waals surface area contributed by atoms with E-state index in [1.807, 2.05) is 29.2 Å². The van der Waals surface area contributed by atoms with Crippen LogP contribution in [-0.4, -0.2) is 55.0 Å². The first kappa shape index (κ1) is 18.5. The maximum atomic E-state index is 12.5. The maximum Gasteiger partial charge on any atom is 0.265 e. The summed E-state index contributed by atoms with van der Waals surface area (Å²) in [7, 11) is 0. The van der Waals surface area contributed by atoms with E-state index in [9.17, 15) is 9.59 Å². The minimum atomic E-state index is -0.0989. The van der Waals surface area contributed by atoms with Gasteiger partial charge in [-0.15, -0.1) is 12.4 Å². The van der Waals surface area contributed by atoms with Crippen molar-refractivity contribution >= 4 is 29.9 Å². The minimum Gasteiger partial charge on any atom is -0.482 e. The fourth-order valence-corrected chi connectivity index (χ4v) is 3.16. The van der Waals surface area contributed by atoms with Gasteiger partial charge >= 0.3 is 0 Å². The van der Waals surface area contributed by atoms with E-state index in [0.29, 0.717) is 24.8 Å². The molecule has 3 rings (SSSR count). The van der Waals surface area contributed by atoms with Crippen molar-refractivity contribution in [3.63, 3.8) is 0 Å². The van der Waals surface area contributed by atoms with Crippen LogP contribution in [0.3, 0.4) is 0 Å². The molecule has 2 heterocycles. The molecule has 2 amide bonds. The number of rotatable bonds is 3. The van der Waals surface area contributed by atoms with Crippen LogP contribution in [0.2, 0.25) is 0 Å². The lowest BCUT2D eigenvalue weighted by Gasteiger charge is -2.39.